The molecule has 0 aliphatic rings. The minimum atomic E-state index is -0.286. The molecule has 6 heteroatoms. The summed E-state index contributed by atoms with van der Waals surface area (Å²) < 4.78 is 10.9. The fourth-order valence-corrected chi connectivity index (χ4v) is 2.39. The van der Waals surface area contributed by atoms with E-state index >= 15 is 0 Å². The van der Waals surface area contributed by atoms with Crippen molar-refractivity contribution in [2.45, 2.75) is 20.3 Å². The molecule has 0 aromatic heterocycles. The van der Waals surface area contributed by atoms with Gasteiger partial charge in [-0.2, -0.15) is 0 Å². The Labute approximate surface area is 159 Å². The predicted octanol–water partition coefficient (Wildman–Crippen LogP) is 4.25. The molecule has 0 atom stereocenters. The molecule has 26 heavy (non-hydrogen) atoms. The third kappa shape index (κ3) is 6.04. The summed E-state index contributed by atoms with van der Waals surface area (Å²) in [7, 11) is 1.58. The number of para-hydroxylation sites is 2. The summed E-state index contributed by atoms with van der Waals surface area (Å²) in [6, 6.07) is 14.3. The summed E-state index contributed by atoms with van der Waals surface area (Å²) in [4.78, 5) is 12.3. The van der Waals surface area contributed by atoms with Gasteiger partial charge in [-0.15, -0.1) is 0 Å². The van der Waals surface area contributed by atoms with Crippen molar-refractivity contribution in [3.63, 3.8) is 0 Å². The number of hydrogen-bond acceptors (Lipinski definition) is 4. The van der Waals surface area contributed by atoms with E-state index in [4.69, 9.17) is 21.7 Å². The van der Waals surface area contributed by atoms with E-state index in [2.05, 4.69) is 24.5 Å². The van der Waals surface area contributed by atoms with Crippen molar-refractivity contribution in [1.82, 2.24) is 5.32 Å². The molecule has 0 radical (unpaired) electrons. The van der Waals surface area contributed by atoms with Crippen LogP contribution in [0.4, 0.5) is 5.69 Å². The third-order valence-corrected chi connectivity index (χ3v) is 3.87. The van der Waals surface area contributed by atoms with E-state index in [0.717, 1.165) is 12.2 Å². The van der Waals surface area contributed by atoms with E-state index in [-0.39, 0.29) is 11.0 Å². The van der Waals surface area contributed by atoms with Crippen molar-refractivity contribution >= 4 is 28.9 Å². The molecule has 1 amide bonds. The molecule has 2 aromatic rings. The highest BCUT2D eigenvalue weighted by molar-refractivity contribution is 7.80. The Morgan fingerprint density at radius 1 is 1.12 bits per heavy atom. The van der Waals surface area contributed by atoms with Crippen LogP contribution in [0.3, 0.4) is 0 Å². The Morgan fingerprint density at radius 2 is 1.81 bits per heavy atom. The second kappa shape index (κ2) is 9.77. The highest BCUT2D eigenvalue weighted by Crippen LogP contribution is 2.22. The van der Waals surface area contributed by atoms with Gasteiger partial charge >= 0.3 is 0 Å². The van der Waals surface area contributed by atoms with Crippen molar-refractivity contribution in [3.8, 4) is 11.5 Å². The molecule has 0 fully saturated rings. The Morgan fingerprint density at radius 3 is 2.46 bits per heavy atom. The minimum Gasteiger partial charge on any atom is -0.495 e. The quantitative estimate of drug-likeness (QED) is 0.712. The fourth-order valence-electron chi connectivity index (χ4n) is 2.19. The van der Waals surface area contributed by atoms with Gasteiger partial charge in [0.15, 0.2) is 5.11 Å². The molecule has 2 N–H and O–H groups in total. The topological polar surface area (TPSA) is 59.6 Å². The summed E-state index contributed by atoms with van der Waals surface area (Å²) in [6.07, 6.45) is 0.991. The highest BCUT2D eigenvalue weighted by atomic mass is 32.1. The first-order chi connectivity index (χ1) is 12.5. The first-order valence-corrected chi connectivity index (χ1v) is 8.88. The number of hydrogen-bond donors (Lipinski definition) is 2. The highest BCUT2D eigenvalue weighted by Gasteiger charge is 2.10. The molecular formula is C20H24N2O3S. The SMILES string of the molecule is COc1ccccc1NC(=S)NC(=O)c1ccc(OCCC(C)C)cc1. The van der Waals surface area contributed by atoms with E-state index in [9.17, 15) is 4.79 Å². The molecule has 0 saturated carbocycles. The zero-order valence-corrected chi connectivity index (χ0v) is 16.1. The normalized spacial score (nSPS) is 10.3. The van der Waals surface area contributed by atoms with Crippen molar-refractivity contribution < 1.29 is 14.3 Å². The van der Waals surface area contributed by atoms with Gasteiger partial charge in [0.1, 0.15) is 11.5 Å². The van der Waals surface area contributed by atoms with Crippen LogP contribution in [0.1, 0.15) is 30.6 Å². The monoisotopic (exact) mass is 372 g/mol. The number of rotatable bonds is 7. The minimum absolute atomic E-state index is 0.205. The molecule has 0 aliphatic carbocycles. The lowest BCUT2D eigenvalue weighted by molar-refractivity contribution is 0.0977. The number of amides is 1. The standard InChI is InChI=1S/C20H24N2O3S/c1-14(2)12-13-25-16-10-8-15(9-11-16)19(23)22-20(26)21-17-6-4-5-7-18(17)24-3/h4-11,14H,12-13H2,1-3H3,(H2,21,22,23,26). The van der Waals surface area contributed by atoms with Gasteiger partial charge in [0.25, 0.3) is 5.91 Å². The molecule has 0 aliphatic heterocycles. The number of carbonyl (C=O) groups excluding carboxylic acids is 1. The average molecular weight is 372 g/mol. The summed E-state index contributed by atoms with van der Waals surface area (Å²) in [6.45, 7) is 4.97. The fraction of sp³-hybridized carbons (Fsp3) is 0.300. The predicted molar refractivity (Wildman–Crippen MR) is 108 cm³/mol. The maximum absolute atomic E-state index is 12.3. The number of carbonyl (C=O) groups is 1. The Balaban J connectivity index is 1.89. The average Bonchev–Trinajstić information content (AvgIpc) is 2.62. The molecule has 2 rings (SSSR count). The molecule has 0 bridgehead atoms. The molecule has 0 unspecified atom stereocenters. The van der Waals surface area contributed by atoms with Crippen LogP contribution < -0.4 is 20.1 Å². The molecule has 5 nitrogen and oxygen atoms in total. The molecule has 0 saturated heterocycles. The van der Waals surface area contributed by atoms with Gasteiger partial charge < -0.3 is 14.8 Å². The summed E-state index contributed by atoms with van der Waals surface area (Å²) in [5.41, 5.74) is 1.19. The first-order valence-electron chi connectivity index (χ1n) is 8.48. The Hall–Kier alpha value is -2.60. The zero-order chi connectivity index (χ0) is 18.9. The molecule has 138 valence electrons. The Bertz CT molecular complexity index is 745. The van der Waals surface area contributed by atoms with Gasteiger partial charge in [0, 0.05) is 5.56 Å². The van der Waals surface area contributed by atoms with Crippen LogP contribution in [0.5, 0.6) is 11.5 Å². The molecule has 0 heterocycles. The maximum atomic E-state index is 12.3. The summed E-state index contributed by atoms with van der Waals surface area (Å²) in [5, 5.41) is 5.83. The van der Waals surface area contributed by atoms with Gasteiger partial charge in [-0.1, -0.05) is 26.0 Å². The lowest BCUT2D eigenvalue weighted by Gasteiger charge is -2.13. The van der Waals surface area contributed by atoms with Crippen molar-refractivity contribution in [1.29, 1.82) is 0 Å². The second-order valence-electron chi connectivity index (χ2n) is 6.16. The van der Waals surface area contributed by atoms with Crippen LogP contribution in [-0.4, -0.2) is 24.7 Å². The summed E-state index contributed by atoms with van der Waals surface area (Å²) in [5.74, 6) is 1.70. The number of methoxy groups -OCH3 is 1. The smallest absolute Gasteiger partial charge is 0.257 e. The van der Waals surface area contributed by atoms with E-state index in [0.29, 0.717) is 29.5 Å². The number of ether oxygens (including phenoxy) is 2. The van der Waals surface area contributed by atoms with E-state index < -0.39 is 0 Å². The lowest BCUT2D eigenvalue weighted by Crippen LogP contribution is -2.34. The van der Waals surface area contributed by atoms with Crippen molar-refractivity contribution in [2.24, 2.45) is 5.92 Å². The van der Waals surface area contributed by atoms with Crippen LogP contribution in [0.15, 0.2) is 48.5 Å². The van der Waals surface area contributed by atoms with E-state index in [1.54, 1.807) is 31.4 Å². The van der Waals surface area contributed by atoms with Crippen molar-refractivity contribution in [3.05, 3.63) is 54.1 Å². The van der Waals surface area contributed by atoms with Gasteiger partial charge in [0.05, 0.1) is 19.4 Å². The van der Waals surface area contributed by atoms with Crippen molar-refractivity contribution in [2.75, 3.05) is 19.0 Å². The van der Waals surface area contributed by atoms with Crippen LogP contribution >= 0.6 is 12.2 Å². The van der Waals surface area contributed by atoms with Crippen LogP contribution in [0.25, 0.3) is 0 Å². The zero-order valence-electron chi connectivity index (χ0n) is 15.2. The van der Waals surface area contributed by atoms with E-state index in [1.165, 1.54) is 0 Å². The van der Waals surface area contributed by atoms with Crippen LogP contribution in [0.2, 0.25) is 0 Å². The Kier molecular flexibility index (Phi) is 7.41. The van der Waals surface area contributed by atoms with Crippen LogP contribution in [0, 0.1) is 5.92 Å². The summed E-state index contributed by atoms with van der Waals surface area (Å²) >= 11 is 5.20. The second-order valence-corrected chi connectivity index (χ2v) is 6.57. The lowest BCUT2D eigenvalue weighted by atomic mass is 10.1. The van der Waals surface area contributed by atoms with Gasteiger partial charge in [-0.3, -0.25) is 10.1 Å². The number of nitrogens with one attached hydrogen (secondary N) is 2. The third-order valence-electron chi connectivity index (χ3n) is 3.66. The number of anilines is 1. The van der Waals surface area contributed by atoms with Crippen LogP contribution in [-0.2, 0) is 0 Å². The molecule has 0 spiro atoms. The van der Waals surface area contributed by atoms with E-state index in [1.807, 2.05) is 24.3 Å². The largest absolute Gasteiger partial charge is 0.495 e. The van der Waals surface area contributed by atoms with Gasteiger partial charge in [-0.25, -0.2) is 0 Å². The van der Waals surface area contributed by atoms with Gasteiger partial charge in [0.2, 0.25) is 0 Å². The number of thiocarbonyl (C=S) groups is 1. The molecular weight excluding hydrogens is 348 g/mol. The number of benzene rings is 2. The maximum Gasteiger partial charge on any atom is 0.257 e. The first kappa shape index (κ1) is 19.7. The molecule has 2 aromatic carbocycles. The van der Waals surface area contributed by atoms with Gasteiger partial charge in [-0.05, 0) is 61.0 Å².